The number of benzene rings is 2. The van der Waals surface area contributed by atoms with Crippen molar-refractivity contribution in [2.45, 2.75) is 19.4 Å². The van der Waals surface area contributed by atoms with E-state index in [-0.39, 0.29) is 22.5 Å². The van der Waals surface area contributed by atoms with Crippen molar-refractivity contribution in [1.82, 2.24) is 5.32 Å². The Morgan fingerprint density at radius 2 is 1.85 bits per heavy atom. The molecule has 0 aliphatic rings. The number of nitrogens with one attached hydrogen (secondary N) is 1. The normalized spacial score (nSPS) is 12.3. The topological polar surface area (TPSA) is 75.7 Å². The van der Waals surface area contributed by atoms with Crippen molar-refractivity contribution in [3.63, 3.8) is 0 Å². The van der Waals surface area contributed by atoms with Crippen molar-refractivity contribution >= 4 is 33.2 Å². The highest BCUT2D eigenvalue weighted by molar-refractivity contribution is 7.92. The molecule has 2 rings (SSSR count). The van der Waals surface area contributed by atoms with Crippen LogP contribution in [-0.2, 0) is 10.0 Å². The molecule has 27 heavy (non-hydrogen) atoms. The maximum atomic E-state index is 12.8. The number of hydrogen-bond acceptors (Lipinski definition) is 4. The molecule has 0 aromatic heterocycles. The number of halogens is 1. The zero-order valence-electron chi connectivity index (χ0n) is 15.7. The summed E-state index contributed by atoms with van der Waals surface area (Å²) in [6.07, 6.45) is 1.77. The second kappa shape index (κ2) is 8.63. The minimum atomic E-state index is -3.44. The van der Waals surface area contributed by atoms with Crippen LogP contribution in [0.1, 0.15) is 35.3 Å². The number of carbonyl (C=O) groups excluding carboxylic acids is 1. The van der Waals surface area contributed by atoms with Gasteiger partial charge in [-0.1, -0.05) is 30.7 Å². The molecular weight excluding hydrogens is 388 g/mol. The van der Waals surface area contributed by atoms with Crippen molar-refractivity contribution in [3.8, 4) is 5.75 Å². The summed E-state index contributed by atoms with van der Waals surface area (Å²) < 4.78 is 29.7. The van der Waals surface area contributed by atoms with Gasteiger partial charge in [0.05, 0.1) is 35.7 Å². The fraction of sp³-hybridized carbons (Fsp3) is 0.316. The summed E-state index contributed by atoms with van der Waals surface area (Å²) in [4.78, 5) is 12.8. The summed E-state index contributed by atoms with van der Waals surface area (Å²) in [6, 6.07) is 11.8. The van der Waals surface area contributed by atoms with Crippen LogP contribution in [0, 0.1) is 0 Å². The number of anilines is 1. The molecule has 1 amide bonds. The minimum Gasteiger partial charge on any atom is -0.497 e. The molecule has 0 aliphatic heterocycles. The first kappa shape index (κ1) is 21.1. The molecule has 1 atom stereocenters. The van der Waals surface area contributed by atoms with Gasteiger partial charge >= 0.3 is 0 Å². The molecular formula is C19H23ClN2O4S. The van der Waals surface area contributed by atoms with Crippen LogP contribution < -0.4 is 14.4 Å². The maximum absolute atomic E-state index is 12.8. The van der Waals surface area contributed by atoms with Crippen LogP contribution in [0.5, 0.6) is 5.75 Å². The van der Waals surface area contributed by atoms with Gasteiger partial charge in [0.25, 0.3) is 5.91 Å². The lowest BCUT2D eigenvalue weighted by molar-refractivity contribution is 0.0935. The smallest absolute Gasteiger partial charge is 0.253 e. The summed E-state index contributed by atoms with van der Waals surface area (Å²) >= 11 is 6.18. The largest absolute Gasteiger partial charge is 0.497 e. The average Bonchev–Trinajstić information content (AvgIpc) is 2.65. The third kappa shape index (κ3) is 5.14. The summed E-state index contributed by atoms with van der Waals surface area (Å²) in [6.45, 7) is 1.96. The second-order valence-corrected chi connectivity index (χ2v) is 8.52. The van der Waals surface area contributed by atoms with Crippen molar-refractivity contribution < 1.29 is 17.9 Å². The van der Waals surface area contributed by atoms with E-state index in [4.69, 9.17) is 16.3 Å². The number of carbonyl (C=O) groups is 1. The van der Waals surface area contributed by atoms with E-state index in [0.717, 1.165) is 21.9 Å². The molecule has 0 spiro atoms. The van der Waals surface area contributed by atoms with Crippen LogP contribution in [0.2, 0.25) is 5.02 Å². The van der Waals surface area contributed by atoms with Gasteiger partial charge in [0.15, 0.2) is 0 Å². The van der Waals surface area contributed by atoms with Crippen LogP contribution in [0.25, 0.3) is 0 Å². The van der Waals surface area contributed by atoms with Crippen LogP contribution in [0.3, 0.4) is 0 Å². The minimum absolute atomic E-state index is 0.212. The van der Waals surface area contributed by atoms with Crippen molar-refractivity contribution in [3.05, 3.63) is 58.6 Å². The number of nitrogens with zero attached hydrogens (tertiary/aromatic N) is 1. The van der Waals surface area contributed by atoms with E-state index in [1.807, 2.05) is 31.2 Å². The molecule has 8 heteroatoms. The van der Waals surface area contributed by atoms with Crippen LogP contribution in [0.4, 0.5) is 5.69 Å². The van der Waals surface area contributed by atoms with Gasteiger partial charge in [-0.2, -0.15) is 0 Å². The van der Waals surface area contributed by atoms with E-state index in [1.54, 1.807) is 13.2 Å². The van der Waals surface area contributed by atoms with Crippen LogP contribution >= 0.6 is 11.6 Å². The molecule has 0 bridgehead atoms. The van der Waals surface area contributed by atoms with E-state index < -0.39 is 10.0 Å². The summed E-state index contributed by atoms with van der Waals surface area (Å²) in [5, 5.41) is 3.20. The Bertz CT molecular complexity index is 914. The Balaban J connectivity index is 2.27. The Kier molecular flexibility index (Phi) is 6.73. The zero-order chi connectivity index (χ0) is 20.2. The molecule has 6 nitrogen and oxygen atoms in total. The van der Waals surface area contributed by atoms with E-state index in [9.17, 15) is 13.2 Å². The van der Waals surface area contributed by atoms with Gasteiger partial charge in [0.2, 0.25) is 10.0 Å². The highest BCUT2D eigenvalue weighted by Crippen LogP contribution is 2.26. The summed E-state index contributed by atoms with van der Waals surface area (Å²) in [7, 11) is -0.425. The van der Waals surface area contributed by atoms with Crippen molar-refractivity contribution in [1.29, 1.82) is 0 Å². The van der Waals surface area contributed by atoms with Crippen molar-refractivity contribution in [2.75, 3.05) is 24.7 Å². The summed E-state index contributed by atoms with van der Waals surface area (Å²) in [5.41, 5.74) is 1.52. The molecule has 0 aliphatic carbocycles. The van der Waals surface area contributed by atoms with Crippen LogP contribution in [0.15, 0.2) is 42.5 Å². The molecule has 0 radical (unpaired) electrons. The standard InChI is InChI=1S/C19H23ClN2O4S/c1-5-18(13-6-9-15(26-3)10-7-13)21-19(23)16-12-14(8-11-17(16)20)22(2)27(4,24)25/h6-12,18H,5H2,1-4H3,(H,21,23)/t18-/m1/s1. The third-order valence-electron chi connectivity index (χ3n) is 4.29. The predicted molar refractivity (Wildman–Crippen MR) is 108 cm³/mol. The number of ether oxygens (including phenoxy) is 1. The number of sulfonamides is 1. The van der Waals surface area contributed by atoms with Gasteiger partial charge < -0.3 is 10.1 Å². The Morgan fingerprint density at radius 3 is 2.37 bits per heavy atom. The summed E-state index contributed by atoms with van der Waals surface area (Å²) in [5.74, 6) is 0.367. The number of methoxy groups -OCH3 is 1. The number of hydrogen-bond donors (Lipinski definition) is 1. The first-order valence-corrected chi connectivity index (χ1v) is 10.6. The molecule has 0 saturated heterocycles. The lowest BCUT2D eigenvalue weighted by Gasteiger charge is -2.20. The molecule has 2 aromatic carbocycles. The molecule has 1 N–H and O–H groups in total. The maximum Gasteiger partial charge on any atom is 0.253 e. The van der Waals surface area contributed by atoms with Crippen LogP contribution in [-0.4, -0.2) is 34.7 Å². The molecule has 0 heterocycles. The quantitative estimate of drug-likeness (QED) is 0.756. The lowest BCUT2D eigenvalue weighted by Crippen LogP contribution is -2.29. The highest BCUT2D eigenvalue weighted by Gasteiger charge is 2.19. The number of rotatable bonds is 7. The molecule has 2 aromatic rings. The van der Waals surface area contributed by atoms with Crippen molar-refractivity contribution in [2.24, 2.45) is 0 Å². The fourth-order valence-electron chi connectivity index (χ4n) is 2.57. The molecule has 0 saturated carbocycles. The molecule has 146 valence electrons. The van der Waals surface area contributed by atoms with Gasteiger partial charge in [0.1, 0.15) is 5.75 Å². The predicted octanol–water partition coefficient (Wildman–Crippen LogP) is 3.63. The SMILES string of the molecule is CC[C@@H](NC(=O)c1cc(N(C)S(C)(=O)=O)ccc1Cl)c1ccc(OC)cc1. The number of amides is 1. The van der Waals surface area contributed by atoms with E-state index >= 15 is 0 Å². The van der Waals surface area contributed by atoms with Gasteiger partial charge in [-0.15, -0.1) is 0 Å². The lowest BCUT2D eigenvalue weighted by atomic mass is 10.0. The first-order valence-electron chi connectivity index (χ1n) is 8.35. The highest BCUT2D eigenvalue weighted by atomic mass is 35.5. The zero-order valence-corrected chi connectivity index (χ0v) is 17.3. The Hall–Kier alpha value is -2.25. The van der Waals surface area contributed by atoms with Gasteiger partial charge in [0, 0.05) is 7.05 Å². The Labute approximate surface area is 165 Å². The van der Waals surface area contributed by atoms with E-state index in [1.165, 1.54) is 19.2 Å². The van der Waals surface area contributed by atoms with Gasteiger partial charge in [-0.3, -0.25) is 9.10 Å². The second-order valence-electron chi connectivity index (χ2n) is 6.10. The molecule has 0 unspecified atom stereocenters. The average molecular weight is 411 g/mol. The van der Waals surface area contributed by atoms with E-state index in [2.05, 4.69) is 5.32 Å². The molecule has 0 fully saturated rings. The Morgan fingerprint density at radius 1 is 1.22 bits per heavy atom. The monoisotopic (exact) mass is 410 g/mol. The van der Waals surface area contributed by atoms with Gasteiger partial charge in [-0.05, 0) is 42.3 Å². The first-order chi connectivity index (χ1) is 12.7. The fourth-order valence-corrected chi connectivity index (χ4v) is 3.27. The van der Waals surface area contributed by atoms with E-state index in [0.29, 0.717) is 12.1 Å². The third-order valence-corrected chi connectivity index (χ3v) is 5.82. The van der Waals surface area contributed by atoms with Gasteiger partial charge in [-0.25, -0.2) is 8.42 Å².